The summed E-state index contributed by atoms with van der Waals surface area (Å²) in [6, 6.07) is 6.96. The molecule has 0 atom stereocenters. The van der Waals surface area contributed by atoms with E-state index in [2.05, 4.69) is 43.9 Å². The van der Waals surface area contributed by atoms with Gasteiger partial charge in [0.25, 0.3) is 0 Å². The number of carbonyl (C=O) groups is 1. The van der Waals surface area contributed by atoms with Gasteiger partial charge in [-0.25, -0.2) is 0 Å². The molecule has 0 aliphatic heterocycles. The molecule has 0 radical (unpaired) electrons. The van der Waals surface area contributed by atoms with E-state index in [-0.39, 0.29) is 5.04 Å². The molecule has 5 nitrogen and oxygen atoms in total. The molecule has 1 aromatic rings. The maximum Gasteiger partial charge on any atom is 0.249 e. The van der Waals surface area contributed by atoms with Crippen molar-refractivity contribution in [3.8, 4) is 0 Å². The molecule has 108 valence electrons. The highest BCUT2D eigenvalue weighted by Gasteiger charge is 2.36. The van der Waals surface area contributed by atoms with Crippen LogP contribution in [0.5, 0.6) is 0 Å². The van der Waals surface area contributed by atoms with E-state index in [1.165, 1.54) is 0 Å². The molecule has 0 aliphatic rings. The predicted octanol–water partition coefficient (Wildman–Crippen LogP) is 4.66. The largest absolute Gasteiger partial charge is 0.413 e. The van der Waals surface area contributed by atoms with Crippen molar-refractivity contribution in [1.82, 2.24) is 0 Å². The normalized spacial score (nSPS) is 11.8. The topological polar surface area (TPSA) is 75.1 Å². The Morgan fingerprint density at radius 3 is 2.30 bits per heavy atom. The van der Waals surface area contributed by atoms with E-state index in [4.69, 9.17) is 9.96 Å². The molecule has 0 spiro atoms. The lowest BCUT2D eigenvalue weighted by Crippen LogP contribution is -2.40. The van der Waals surface area contributed by atoms with Crippen molar-refractivity contribution in [3.63, 3.8) is 0 Å². The third kappa shape index (κ3) is 4.20. The monoisotopic (exact) mass is 291 g/mol. The Kier molecular flexibility index (Phi) is 5.11. The molecule has 1 rings (SSSR count). The minimum Gasteiger partial charge on any atom is -0.413 e. The van der Waals surface area contributed by atoms with E-state index in [9.17, 15) is 4.79 Å². The lowest BCUT2D eigenvalue weighted by atomic mass is 10.1. The Balaban J connectivity index is 2.72. The van der Waals surface area contributed by atoms with Crippen molar-refractivity contribution in [2.24, 2.45) is 5.11 Å². The number of hydrogen-bond donors (Lipinski definition) is 0. The average Bonchev–Trinajstić information content (AvgIpc) is 2.36. The summed E-state index contributed by atoms with van der Waals surface area (Å²) in [7, 11) is -1.77. The van der Waals surface area contributed by atoms with Crippen LogP contribution < -0.4 is 0 Å². The van der Waals surface area contributed by atoms with Crippen LogP contribution in [0.3, 0.4) is 0 Å². The summed E-state index contributed by atoms with van der Waals surface area (Å²) in [5.74, 6) is -0.565. The van der Waals surface area contributed by atoms with Crippen molar-refractivity contribution >= 4 is 14.2 Å². The second-order valence-corrected chi connectivity index (χ2v) is 11.0. The minimum atomic E-state index is -1.77. The number of carbonyl (C=O) groups excluding carboxylic acids is 1. The van der Waals surface area contributed by atoms with Crippen LogP contribution in [-0.2, 0) is 11.0 Å². The summed E-state index contributed by atoms with van der Waals surface area (Å²) >= 11 is 0. The van der Waals surface area contributed by atoms with Gasteiger partial charge in [0.15, 0.2) is 8.32 Å². The first kappa shape index (κ1) is 16.4. The fraction of sp³-hybridized carbons (Fsp3) is 0.500. The lowest BCUT2D eigenvalue weighted by molar-refractivity contribution is 0.100. The van der Waals surface area contributed by atoms with Crippen molar-refractivity contribution in [1.29, 1.82) is 0 Å². The van der Waals surface area contributed by atoms with Crippen LogP contribution in [0.25, 0.3) is 10.4 Å². The molecule has 1 aromatic carbocycles. The summed E-state index contributed by atoms with van der Waals surface area (Å²) in [5, 5.41) is 3.23. The summed E-state index contributed by atoms with van der Waals surface area (Å²) in [6.07, 6.45) is 0. The van der Waals surface area contributed by atoms with Gasteiger partial charge >= 0.3 is 0 Å². The molecule has 0 fully saturated rings. The molecule has 0 bridgehead atoms. The van der Waals surface area contributed by atoms with E-state index in [1.807, 2.05) is 12.1 Å². The third-order valence-corrected chi connectivity index (χ3v) is 8.22. The summed E-state index contributed by atoms with van der Waals surface area (Å²) < 4.78 is 6.10. The van der Waals surface area contributed by atoms with Gasteiger partial charge in [-0.2, -0.15) is 0 Å². The lowest BCUT2D eigenvalue weighted by Gasteiger charge is -2.36. The Bertz CT molecular complexity index is 526. The summed E-state index contributed by atoms with van der Waals surface area (Å²) in [6.45, 7) is 11.5. The second-order valence-electron chi connectivity index (χ2n) is 6.24. The smallest absolute Gasteiger partial charge is 0.249 e. The SMILES string of the molecule is CC(C)(C)[Si](C)(C)OCc1ccc(C(=O)N=[N+]=[N-])cc1. The van der Waals surface area contributed by atoms with Crippen molar-refractivity contribution in [3.05, 3.63) is 45.8 Å². The molecule has 0 heterocycles. The number of nitrogens with zero attached hydrogens (tertiary/aromatic N) is 3. The van der Waals surface area contributed by atoms with Crippen LogP contribution in [0.4, 0.5) is 0 Å². The summed E-state index contributed by atoms with van der Waals surface area (Å²) in [5.41, 5.74) is 9.62. The molecule has 1 amide bonds. The van der Waals surface area contributed by atoms with Crippen LogP contribution >= 0.6 is 0 Å². The Labute approximate surface area is 120 Å². The summed E-state index contributed by atoms with van der Waals surface area (Å²) in [4.78, 5) is 13.8. The van der Waals surface area contributed by atoms with E-state index in [0.29, 0.717) is 12.2 Å². The quantitative estimate of drug-likeness (QED) is 0.350. The van der Waals surface area contributed by atoms with Crippen LogP contribution in [0, 0.1) is 0 Å². The number of azide groups is 1. The average molecular weight is 291 g/mol. The molecule has 20 heavy (non-hydrogen) atoms. The van der Waals surface area contributed by atoms with Gasteiger partial charge in [0.2, 0.25) is 5.91 Å². The second kappa shape index (κ2) is 6.22. The maximum atomic E-state index is 11.4. The number of benzene rings is 1. The first-order chi connectivity index (χ1) is 9.17. The van der Waals surface area contributed by atoms with Gasteiger partial charge < -0.3 is 4.43 Å². The molecular formula is C14H21N3O2Si. The fourth-order valence-corrected chi connectivity index (χ4v) is 2.28. The maximum absolute atomic E-state index is 11.4. The van der Waals surface area contributed by atoms with Gasteiger partial charge in [-0.1, -0.05) is 45.0 Å². The predicted molar refractivity (Wildman–Crippen MR) is 81.9 cm³/mol. The highest BCUT2D eigenvalue weighted by molar-refractivity contribution is 6.74. The highest BCUT2D eigenvalue weighted by Crippen LogP contribution is 2.37. The molecule has 0 N–H and O–H groups in total. The zero-order chi connectivity index (χ0) is 15.4. The third-order valence-electron chi connectivity index (χ3n) is 3.74. The first-order valence-electron chi connectivity index (χ1n) is 6.50. The first-order valence-corrected chi connectivity index (χ1v) is 9.40. The van der Waals surface area contributed by atoms with Gasteiger partial charge in [-0.15, -0.1) is 0 Å². The van der Waals surface area contributed by atoms with Gasteiger partial charge in [0.1, 0.15) is 0 Å². The zero-order valence-corrected chi connectivity index (χ0v) is 13.7. The molecule has 0 unspecified atom stereocenters. The van der Waals surface area contributed by atoms with Gasteiger partial charge in [0.05, 0.1) is 6.61 Å². The zero-order valence-electron chi connectivity index (χ0n) is 12.7. The van der Waals surface area contributed by atoms with Gasteiger partial charge in [-0.05, 0) is 34.3 Å². The molecule has 6 heteroatoms. The number of amides is 1. The minimum absolute atomic E-state index is 0.171. The van der Waals surface area contributed by atoms with E-state index in [0.717, 1.165) is 5.56 Å². The number of hydrogen-bond acceptors (Lipinski definition) is 2. The van der Waals surface area contributed by atoms with E-state index in [1.54, 1.807) is 12.1 Å². The standard InChI is InChI=1S/C14H21N3O2Si/c1-14(2,3)20(4,5)19-10-11-6-8-12(9-7-11)13(18)16-17-15/h6-9H,10H2,1-5H3. The fourth-order valence-electron chi connectivity index (χ4n) is 1.32. The van der Waals surface area contributed by atoms with Crippen molar-refractivity contribution in [2.45, 2.75) is 45.5 Å². The van der Waals surface area contributed by atoms with Crippen LogP contribution in [0.15, 0.2) is 29.4 Å². The molecule has 0 aliphatic carbocycles. The van der Waals surface area contributed by atoms with Crippen LogP contribution in [0.1, 0.15) is 36.7 Å². The van der Waals surface area contributed by atoms with Crippen LogP contribution in [0.2, 0.25) is 18.1 Å². The molecule has 0 saturated carbocycles. The van der Waals surface area contributed by atoms with Gasteiger partial charge in [-0.3, -0.25) is 4.79 Å². The van der Waals surface area contributed by atoms with E-state index >= 15 is 0 Å². The van der Waals surface area contributed by atoms with Crippen LogP contribution in [-0.4, -0.2) is 14.2 Å². The highest BCUT2D eigenvalue weighted by atomic mass is 28.4. The van der Waals surface area contributed by atoms with Crippen molar-refractivity contribution in [2.75, 3.05) is 0 Å². The molecule has 0 saturated heterocycles. The molecular weight excluding hydrogens is 270 g/mol. The number of rotatable bonds is 4. The van der Waals surface area contributed by atoms with E-state index < -0.39 is 14.2 Å². The molecule has 0 aromatic heterocycles. The Morgan fingerprint density at radius 1 is 1.30 bits per heavy atom. The van der Waals surface area contributed by atoms with Gasteiger partial charge in [0, 0.05) is 10.5 Å². The van der Waals surface area contributed by atoms with Crippen molar-refractivity contribution < 1.29 is 9.22 Å². The Hall–Kier alpha value is -1.62. The Morgan fingerprint density at radius 2 is 1.85 bits per heavy atom.